The van der Waals surface area contributed by atoms with Crippen molar-refractivity contribution in [2.45, 2.75) is 5.92 Å². The second-order valence-corrected chi connectivity index (χ2v) is 9.73. The fraction of sp³-hybridized carbons (Fsp3) is 0.156. The lowest BCUT2D eigenvalue weighted by atomic mass is 9.86. The number of benzene rings is 4. The highest BCUT2D eigenvalue weighted by Gasteiger charge is 2.36. The molecule has 3 heterocycles. The minimum atomic E-state index is -0.359. The zero-order valence-corrected chi connectivity index (χ0v) is 20.8. The molecule has 186 valence electrons. The summed E-state index contributed by atoms with van der Waals surface area (Å²) in [4.78, 5) is 18.0. The van der Waals surface area contributed by atoms with Crippen LogP contribution in [0.15, 0.2) is 103 Å². The summed E-state index contributed by atoms with van der Waals surface area (Å²) in [5.41, 5.74) is 3.79. The van der Waals surface area contributed by atoms with Crippen LogP contribution < -0.4 is 9.64 Å². The minimum Gasteiger partial charge on any atom is -0.457 e. The van der Waals surface area contributed by atoms with Crippen LogP contribution in [0.3, 0.4) is 0 Å². The van der Waals surface area contributed by atoms with Gasteiger partial charge in [0.1, 0.15) is 11.5 Å². The lowest BCUT2D eigenvalue weighted by Crippen LogP contribution is -2.50. The molecule has 0 spiro atoms. The standard InChI is InChI=1S/C32H26N4O2/c37-32(31-25-11-3-5-14-28(25)38-29-15-6-4-12-26(29)31)36-20-18-35(19-21-36)30-17-16-27(33-34-30)24-13-7-9-22-8-1-2-10-23(22)24/h1-17,31H,18-21H2. The number of nitrogens with zero attached hydrogens (tertiary/aromatic N) is 4. The zero-order chi connectivity index (χ0) is 25.5. The van der Waals surface area contributed by atoms with Crippen LogP contribution in [-0.4, -0.2) is 47.2 Å². The number of aromatic nitrogens is 2. The Kier molecular flexibility index (Phi) is 5.51. The van der Waals surface area contributed by atoms with E-state index in [9.17, 15) is 4.79 Å². The van der Waals surface area contributed by atoms with Gasteiger partial charge in [0.05, 0.1) is 11.6 Å². The fourth-order valence-corrected chi connectivity index (χ4v) is 5.60. The van der Waals surface area contributed by atoms with Crippen LogP contribution >= 0.6 is 0 Å². The Hall–Kier alpha value is -4.71. The Morgan fingerprint density at radius 3 is 2.05 bits per heavy atom. The molecule has 2 aliphatic heterocycles. The van der Waals surface area contributed by atoms with Crippen LogP contribution in [-0.2, 0) is 4.79 Å². The molecule has 6 heteroatoms. The van der Waals surface area contributed by atoms with E-state index in [1.54, 1.807) is 0 Å². The van der Waals surface area contributed by atoms with Crippen molar-refractivity contribution < 1.29 is 9.53 Å². The van der Waals surface area contributed by atoms with Gasteiger partial charge in [-0.1, -0.05) is 78.9 Å². The molecule has 0 unspecified atom stereocenters. The van der Waals surface area contributed by atoms with E-state index in [1.165, 1.54) is 10.8 Å². The van der Waals surface area contributed by atoms with E-state index in [0.29, 0.717) is 26.2 Å². The summed E-state index contributed by atoms with van der Waals surface area (Å²) in [7, 11) is 0. The summed E-state index contributed by atoms with van der Waals surface area (Å²) in [6, 6.07) is 34.3. The summed E-state index contributed by atoms with van der Waals surface area (Å²) in [6.45, 7) is 2.68. The predicted molar refractivity (Wildman–Crippen MR) is 149 cm³/mol. The highest BCUT2D eigenvalue weighted by molar-refractivity contribution is 5.95. The molecule has 0 atom stereocenters. The molecule has 2 aliphatic rings. The van der Waals surface area contributed by atoms with Gasteiger partial charge in [-0.15, -0.1) is 10.2 Å². The quantitative estimate of drug-likeness (QED) is 0.311. The largest absolute Gasteiger partial charge is 0.457 e. The first kappa shape index (κ1) is 22.5. The van der Waals surface area contributed by atoms with Gasteiger partial charge < -0.3 is 14.5 Å². The average Bonchev–Trinajstić information content (AvgIpc) is 2.99. The maximum atomic E-state index is 13.9. The van der Waals surface area contributed by atoms with E-state index in [1.807, 2.05) is 77.7 Å². The number of piperazine rings is 1. The Morgan fingerprint density at radius 2 is 1.34 bits per heavy atom. The molecule has 0 bridgehead atoms. The van der Waals surface area contributed by atoms with Gasteiger partial charge in [-0.05, 0) is 35.0 Å². The molecule has 7 rings (SSSR count). The molecule has 0 N–H and O–H groups in total. The van der Waals surface area contributed by atoms with Crippen LogP contribution in [0.25, 0.3) is 22.0 Å². The molecular formula is C32H26N4O2. The third-order valence-electron chi connectivity index (χ3n) is 7.56. The summed E-state index contributed by atoms with van der Waals surface area (Å²) < 4.78 is 6.09. The Labute approximate surface area is 221 Å². The lowest BCUT2D eigenvalue weighted by Gasteiger charge is -2.38. The van der Waals surface area contributed by atoms with Crippen LogP contribution in [0.5, 0.6) is 11.5 Å². The second-order valence-electron chi connectivity index (χ2n) is 9.73. The van der Waals surface area contributed by atoms with Crippen molar-refractivity contribution >= 4 is 22.5 Å². The van der Waals surface area contributed by atoms with Gasteiger partial charge in [0, 0.05) is 42.9 Å². The second kappa shape index (κ2) is 9.30. The molecule has 0 aliphatic carbocycles. The summed E-state index contributed by atoms with van der Waals surface area (Å²) in [5, 5.41) is 11.5. The summed E-state index contributed by atoms with van der Waals surface area (Å²) >= 11 is 0. The maximum absolute atomic E-state index is 13.9. The van der Waals surface area contributed by atoms with Gasteiger partial charge in [-0.25, -0.2) is 0 Å². The number of hydrogen-bond acceptors (Lipinski definition) is 5. The number of rotatable bonds is 3. The van der Waals surface area contributed by atoms with Gasteiger partial charge in [-0.3, -0.25) is 4.79 Å². The van der Waals surface area contributed by atoms with Crippen molar-refractivity contribution in [2.75, 3.05) is 31.1 Å². The number of carbonyl (C=O) groups is 1. The molecule has 0 radical (unpaired) electrons. The average molecular weight is 499 g/mol. The molecule has 1 amide bonds. The molecule has 1 saturated heterocycles. The molecule has 1 fully saturated rings. The van der Waals surface area contributed by atoms with E-state index < -0.39 is 0 Å². The van der Waals surface area contributed by atoms with Gasteiger partial charge >= 0.3 is 0 Å². The van der Waals surface area contributed by atoms with Gasteiger partial charge in [0.15, 0.2) is 5.82 Å². The highest BCUT2D eigenvalue weighted by atomic mass is 16.5. The third-order valence-corrected chi connectivity index (χ3v) is 7.56. The van der Waals surface area contributed by atoms with Crippen LogP contribution in [0.4, 0.5) is 5.82 Å². The van der Waals surface area contributed by atoms with E-state index in [0.717, 1.165) is 39.7 Å². The molecule has 6 nitrogen and oxygen atoms in total. The Bertz CT molecular complexity index is 1590. The molecule has 38 heavy (non-hydrogen) atoms. The number of amides is 1. The zero-order valence-electron chi connectivity index (χ0n) is 20.8. The topological polar surface area (TPSA) is 58.6 Å². The monoisotopic (exact) mass is 498 g/mol. The number of carbonyl (C=O) groups excluding carboxylic acids is 1. The van der Waals surface area contributed by atoms with Gasteiger partial charge in [-0.2, -0.15) is 0 Å². The van der Waals surface area contributed by atoms with E-state index in [2.05, 4.69) is 45.4 Å². The SMILES string of the molecule is O=C(C1c2ccccc2Oc2ccccc21)N1CCN(c2ccc(-c3cccc4ccccc34)nn2)CC1. The first-order chi connectivity index (χ1) is 18.8. The number of ether oxygens (including phenoxy) is 1. The number of para-hydroxylation sites is 2. The first-order valence-corrected chi connectivity index (χ1v) is 13.0. The molecule has 4 aromatic carbocycles. The minimum absolute atomic E-state index is 0.116. The van der Waals surface area contributed by atoms with Crippen LogP contribution in [0, 0.1) is 0 Å². The third kappa shape index (κ3) is 3.86. The molecule has 0 saturated carbocycles. The van der Waals surface area contributed by atoms with Crippen molar-refractivity contribution in [2.24, 2.45) is 0 Å². The normalized spacial score (nSPS) is 15.1. The van der Waals surface area contributed by atoms with Gasteiger partial charge in [0.25, 0.3) is 0 Å². The lowest BCUT2D eigenvalue weighted by molar-refractivity contribution is -0.132. The van der Waals surface area contributed by atoms with E-state index in [-0.39, 0.29) is 11.8 Å². The van der Waals surface area contributed by atoms with Crippen molar-refractivity contribution in [1.82, 2.24) is 15.1 Å². The highest BCUT2D eigenvalue weighted by Crippen LogP contribution is 2.44. The molecular weight excluding hydrogens is 472 g/mol. The van der Waals surface area contributed by atoms with Crippen molar-refractivity contribution in [3.8, 4) is 22.8 Å². The van der Waals surface area contributed by atoms with Crippen LogP contribution in [0.1, 0.15) is 17.0 Å². The van der Waals surface area contributed by atoms with E-state index in [4.69, 9.17) is 4.74 Å². The number of fused-ring (bicyclic) bond motifs is 3. The smallest absolute Gasteiger partial charge is 0.234 e. The Morgan fingerprint density at radius 1 is 0.684 bits per heavy atom. The molecule has 1 aromatic heterocycles. The fourth-order valence-electron chi connectivity index (χ4n) is 5.60. The van der Waals surface area contributed by atoms with E-state index >= 15 is 0 Å². The van der Waals surface area contributed by atoms with Crippen molar-refractivity contribution in [3.63, 3.8) is 0 Å². The summed E-state index contributed by atoms with van der Waals surface area (Å²) in [6.07, 6.45) is 0. The summed E-state index contributed by atoms with van der Waals surface area (Å²) in [5.74, 6) is 2.10. The number of hydrogen-bond donors (Lipinski definition) is 0. The predicted octanol–water partition coefficient (Wildman–Crippen LogP) is 5.88. The van der Waals surface area contributed by atoms with Crippen molar-refractivity contribution in [3.05, 3.63) is 114 Å². The maximum Gasteiger partial charge on any atom is 0.234 e. The first-order valence-electron chi connectivity index (χ1n) is 13.0. The van der Waals surface area contributed by atoms with Gasteiger partial charge in [0.2, 0.25) is 5.91 Å². The van der Waals surface area contributed by atoms with Crippen LogP contribution in [0.2, 0.25) is 0 Å². The number of anilines is 1. The molecule has 5 aromatic rings. The van der Waals surface area contributed by atoms with Crippen molar-refractivity contribution in [1.29, 1.82) is 0 Å². The Balaban J connectivity index is 1.08.